The van der Waals surface area contributed by atoms with E-state index in [1.165, 1.54) is 0 Å². The minimum absolute atomic E-state index is 0.275. The fourth-order valence-corrected chi connectivity index (χ4v) is 5.69. The van der Waals surface area contributed by atoms with Crippen molar-refractivity contribution in [2.45, 2.75) is 20.3 Å². The number of hydrogen-bond acceptors (Lipinski definition) is 6. The van der Waals surface area contributed by atoms with Crippen LogP contribution >= 0.6 is 15.9 Å². The highest BCUT2D eigenvalue weighted by molar-refractivity contribution is 9.10. The van der Waals surface area contributed by atoms with Crippen LogP contribution in [0.1, 0.15) is 59.5 Å². The van der Waals surface area contributed by atoms with E-state index in [2.05, 4.69) is 15.9 Å². The number of esters is 1. The van der Waals surface area contributed by atoms with Gasteiger partial charge in [0.15, 0.2) is 12.4 Å². The van der Waals surface area contributed by atoms with Crippen molar-refractivity contribution in [1.29, 1.82) is 0 Å². The lowest BCUT2D eigenvalue weighted by atomic mass is 10.00. The number of halogens is 1. The zero-order valence-corrected chi connectivity index (χ0v) is 25.0. The van der Waals surface area contributed by atoms with Gasteiger partial charge < -0.3 is 4.74 Å². The molecule has 2 heterocycles. The molecule has 4 aromatic carbocycles. The number of aryl methyl sites for hydroxylation is 2. The minimum Gasteiger partial charge on any atom is -0.454 e. The highest BCUT2D eigenvalue weighted by Crippen LogP contribution is 2.33. The van der Waals surface area contributed by atoms with Gasteiger partial charge in [0.05, 0.1) is 33.6 Å². The number of aromatic nitrogens is 1. The van der Waals surface area contributed by atoms with Crippen molar-refractivity contribution in [3.63, 3.8) is 0 Å². The van der Waals surface area contributed by atoms with Crippen LogP contribution < -0.4 is 4.90 Å². The smallest absolute Gasteiger partial charge is 0.339 e. The zero-order valence-electron chi connectivity index (χ0n) is 23.4. The van der Waals surface area contributed by atoms with Crippen molar-refractivity contribution in [2.75, 3.05) is 11.5 Å². The monoisotopic (exact) mass is 632 g/mol. The minimum atomic E-state index is -0.642. The summed E-state index contributed by atoms with van der Waals surface area (Å²) in [5.74, 6) is -1.69. The Labute approximate surface area is 256 Å². The summed E-state index contributed by atoms with van der Waals surface area (Å²) in [7, 11) is 0. The van der Waals surface area contributed by atoms with Crippen molar-refractivity contribution in [1.82, 2.24) is 4.98 Å². The molecule has 43 heavy (non-hydrogen) atoms. The summed E-state index contributed by atoms with van der Waals surface area (Å²) in [6.45, 7) is 3.54. The molecule has 0 saturated carbocycles. The predicted molar refractivity (Wildman–Crippen MR) is 168 cm³/mol. The quantitative estimate of drug-likeness (QED) is 0.106. The van der Waals surface area contributed by atoms with Gasteiger partial charge in [-0.25, -0.2) is 14.7 Å². The van der Waals surface area contributed by atoms with Gasteiger partial charge in [-0.2, -0.15) is 0 Å². The normalized spacial score (nSPS) is 12.5. The third-order valence-electron chi connectivity index (χ3n) is 7.48. The molecular formula is C35H25BrN2O5. The number of carbonyl (C=O) groups is 4. The van der Waals surface area contributed by atoms with Crippen molar-refractivity contribution in [2.24, 2.45) is 0 Å². The van der Waals surface area contributed by atoms with Gasteiger partial charge in [0, 0.05) is 21.0 Å². The van der Waals surface area contributed by atoms with Gasteiger partial charge in [-0.3, -0.25) is 14.4 Å². The maximum atomic E-state index is 13.5. The number of amides is 2. The van der Waals surface area contributed by atoms with Gasteiger partial charge >= 0.3 is 5.97 Å². The summed E-state index contributed by atoms with van der Waals surface area (Å²) in [4.78, 5) is 58.1. The Morgan fingerprint density at radius 3 is 2.14 bits per heavy atom. The lowest BCUT2D eigenvalue weighted by molar-refractivity contribution is 0.0476. The molecule has 1 aliphatic heterocycles. The van der Waals surface area contributed by atoms with Gasteiger partial charge in [0.1, 0.15) is 0 Å². The zero-order chi connectivity index (χ0) is 30.2. The van der Waals surface area contributed by atoms with E-state index in [-0.39, 0.29) is 23.2 Å². The number of benzene rings is 4. The number of Topliss-reactive ketones (excluding diaryl/α,β-unsaturated/α-hetero) is 1. The molecule has 6 rings (SSSR count). The van der Waals surface area contributed by atoms with Crippen LogP contribution in [0.2, 0.25) is 0 Å². The Morgan fingerprint density at radius 2 is 1.51 bits per heavy atom. The highest BCUT2D eigenvalue weighted by Gasteiger charge is 2.36. The first-order valence-corrected chi connectivity index (χ1v) is 14.5. The molecule has 0 bridgehead atoms. The first-order valence-electron chi connectivity index (χ1n) is 13.7. The molecule has 5 aromatic rings. The molecule has 1 aliphatic rings. The summed E-state index contributed by atoms with van der Waals surface area (Å²) in [6.07, 6.45) is 0.672. The van der Waals surface area contributed by atoms with Crippen LogP contribution in [0.4, 0.5) is 5.69 Å². The third kappa shape index (κ3) is 5.26. The highest BCUT2D eigenvalue weighted by atomic mass is 79.9. The molecule has 212 valence electrons. The van der Waals surface area contributed by atoms with E-state index in [0.29, 0.717) is 51.0 Å². The van der Waals surface area contributed by atoms with Gasteiger partial charge in [-0.05, 0) is 61.4 Å². The average Bonchev–Trinajstić information content (AvgIpc) is 3.28. The molecule has 0 spiro atoms. The number of imide groups is 1. The van der Waals surface area contributed by atoms with E-state index in [4.69, 9.17) is 9.72 Å². The van der Waals surface area contributed by atoms with E-state index in [1.807, 2.05) is 38.1 Å². The molecule has 0 atom stereocenters. The SMILES string of the molecule is CCc1cc(Br)cc2c(C(=O)OCC(=O)c3ccc(C)cc3)cc(-c3ccc(N4C(=O)c5ccccc5C4=O)cc3)nc12. The van der Waals surface area contributed by atoms with E-state index < -0.39 is 12.6 Å². The number of hydrogen-bond donors (Lipinski definition) is 0. The number of rotatable bonds is 7. The summed E-state index contributed by atoms with van der Waals surface area (Å²) >= 11 is 3.54. The average molecular weight is 633 g/mol. The number of fused-ring (bicyclic) bond motifs is 2. The largest absolute Gasteiger partial charge is 0.454 e. The van der Waals surface area contributed by atoms with E-state index >= 15 is 0 Å². The van der Waals surface area contributed by atoms with E-state index in [9.17, 15) is 19.2 Å². The van der Waals surface area contributed by atoms with Gasteiger partial charge in [-0.1, -0.05) is 76.9 Å². The number of pyridine rings is 1. The molecule has 0 aliphatic carbocycles. The molecule has 8 heteroatoms. The van der Waals surface area contributed by atoms with Crippen LogP contribution in [0.15, 0.2) is 95.5 Å². The van der Waals surface area contributed by atoms with Crippen molar-refractivity contribution >= 4 is 56.1 Å². The van der Waals surface area contributed by atoms with Gasteiger partial charge in [-0.15, -0.1) is 0 Å². The second kappa shape index (κ2) is 11.4. The Hall–Kier alpha value is -4.95. The number of nitrogens with zero attached hydrogens (tertiary/aromatic N) is 2. The molecular weight excluding hydrogens is 608 g/mol. The van der Waals surface area contributed by atoms with E-state index in [1.54, 1.807) is 66.7 Å². The predicted octanol–water partition coefficient (Wildman–Crippen LogP) is 7.38. The standard InChI is InChI=1S/C35H25BrN2O5/c1-3-21-16-24(36)17-28-29(35(42)43-19-31(39)23-10-8-20(2)9-11-23)18-30(37-32(21)28)22-12-14-25(15-13-22)38-33(40)26-6-4-5-7-27(26)34(38)41/h4-18H,3,19H2,1-2H3. The lowest BCUT2D eigenvalue weighted by Gasteiger charge is -2.15. The Kier molecular flexibility index (Phi) is 7.46. The first-order chi connectivity index (χ1) is 20.7. The Bertz CT molecular complexity index is 1910. The number of anilines is 1. The van der Waals surface area contributed by atoms with Gasteiger partial charge in [0.2, 0.25) is 0 Å². The van der Waals surface area contributed by atoms with E-state index in [0.717, 1.165) is 20.5 Å². The summed E-state index contributed by atoms with van der Waals surface area (Å²) in [5, 5.41) is 0.602. The summed E-state index contributed by atoms with van der Waals surface area (Å²) < 4.78 is 6.31. The summed E-state index contributed by atoms with van der Waals surface area (Å²) in [6, 6.07) is 26.1. The molecule has 0 fully saturated rings. The second-order valence-corrected chi connectivity index (χ2v) is 11.2. The maximum absolute atomic E-state index is 13.5. The molecule has 7 nitrogen and oxygen atoms in total. The number of ether oxygens (including phenoxy) is 1. The van der Waals surface area contributed by atoms with Crippen molar-refractivity contribution in [3.8, 4) is 11.3 Å². The third-order valence-corrected chi connectivity index (χ3v) is 7.94. The summed E-state index contributed by atoms with van der Waals surface area (Å²) in [5.41, 5.74) is 5.70. The molecule has 2 amide bonds. The van der Waals surface area contributed by atoms with Crippen LogP contribution in [0.5, 0.6) is 0 Å². The molecule has 0 saturated heterocycles. The van der Waals surface area contributed by atoms with Gasteiger partial charge in [0.25, 0.3) is 11.8 Å². The molecule has 1 aromatic heterocycles. The fraction of sp³-hybridized carbons (Fsp3) is 0.114. The Morgan fingerprint density at radius 1 is 0.860 bits per heavy atom. The van der Waals surface area contributed by atoms with Crippen LogP contribution in [0, 0.1) is 6.92 Å². The number of ketones is 1. The fourth-order valence-electron chi connectivity index (χ4n) is 5.18. The first kappa shape index (κ1) is 28.2. The maximum Gasteiger partial charge on any atom is 0.339 e. The van der Waals surface area contributed by atoms with Crippen LogP contribution in [0.3, 0.4) is 0 Å². The van der Waals surface area contributed by atoms with Crippen LogP contribution in [-0.4, -0.2) is 35.2 Å². The van der Waals surface area contributed by atoms with Crippen molar-refractivity contribution < 1.29 is 23.9 Å². The molecule has 0 unspecified atom stereocenters. The van der Waals surface area contributed by atoms with Crippen LogP contribution in [-0.2, 0) is 11.2 Å². The lowest BCUT2D eigenvalue weighted by Crippen LogP contribution is -2.29. The second-order valence-electron chi connectivity index (χ2n) is 10.3. The molecule has 0 radical (unpaired) electrons. The number of carbonyl (C=O) groups excluding carboxylic acids is 4. The van der Waals surface area contributed by atoms with Crippen molar-refractivity contribution in [3.05, 3.63) is 129 Å². The topological polar surface area (TPSA) is 93.6 Å². The Balaban J connectivity index is 1.34. The molecule has 0 N–H and O–H groups in total. The van der Waals surface area contributed by atoms with Crippen LogP contribution in [0.25, 0.3) is 22.2 Å².